The molecule has 0 aliphatic heterocycles. The van der Waals surface area contributed by atoms with E-state index in [2.05, 4.69) is 35.1 Å². The van der Waals surface area contributed by atoms with Crippen LogP contribution in [0.4, 0.5) is 0 Å². The number of nitrogens with zero attached hydrogens (tertiary/aromatic N) is 1. The Bertz CT molecular complexity index is 374. The van der Waals surface area contributed by atoms with E-state index in [0.717, 1.165) is 30.4 Å². The molecule has 1 rings (SSSR count). The fraction of sp³-hybridized carbons (Fsp3) is 0.583. The quantitative estimate of drug-likeness (QED) is 0.815. The van der Waals surface area contributed by atoms with Gasteiger partial charge in [0.15, 0.2) is 0 Å². The lowest BCUT2D eigenvalue weighted by atomic mass is 10.3. The van der Waals surface area contributed by atoms with E-state index in [4.69, 9.17) is 0 Å². The van der Waals surface area contributed by atoms with Gasteiger partial charge in [-0.15, -0.1) is 0 Å². The first-order chi connectivity index (χ1) is 7.59. The van der Waals surface area contributed by atoms with E-state index in [9.17, 15) is 4.79 Å². The van der Waals surface area contributed by atoms with Crippen molar-refractivity contribution in [1.82, 2.24) is 9.88 Å². The highest BCUT2D eigenvalue weighted by Crippen LogP contribution is 2.05. The maximum absolute atomic E-state index is 11.5. The van der Waals surface area contributed by atoms with Crippen molar-refractivity contribution in [1.29, 1.82) is 0 Å². The largest absolute Gasteiger partial charge is 0.315 e. The third-order valence-electron chi connectivity index (χ3n) is 2.33. The summed E-state index contributed by atoms with van der Waals surface area (Å²) in [6.45, 7) is 6.08. The molecule has 0 saturated carbocycles. The zero-order valence-electron chi connectivity index (χ0n) is 9.87. The molecule has 3 nitrogen and oxygen atoms in total. The second-order valence-corrected chi connectivity index (χ2v) is 5.11. The monoisotopic (exact) mass is 286 g/mol. The average Bonchev–Trinajstić information content (AvgIpc) is 2.22. The summed E-state index contributed by atoms with van der Waals surface area (Å²) in [5.41, 5.74) is 0.0695. The first-order valence-corrected chi connectivity index (χ1v) is 6.48. The molecule has 0 radical (unpaired) electrons. The second-order valence-electron chi connectivity index (χ2n) is 4.19. The molecule has 0 aromatic carbocycles. The molecule has 1 heterocycles. The number of hydrogen-bond acceptors (Lipinski definition) is 2. The number of hydrogen-bond donors (Lipinski definition) is 1. The van der Waals surface area contributed by atoms with E-state index in [-0.39, 0.29) is 5.56 Å². The lowest BCUT2D eigenvalue weighted by Crippen LogP contribution is -2.24. The molecule has 4 heteroatoms. The van der Waals surface area contributed by atoms with Crippen LogP contribution in [-0.4, -0.2) is 17.2 Å². The number of unbranched alkanes of at least 4 members (excludes halogenated alkanes) is 1. The fourth-order valence-corrected chi connectivity index (χ4v) is 1.85. The summed E-state index contributed by atoms with van der Waals surface area (Å²) in [5, 5.41) is 3.36. The number of aryl methyl sites for hydroxylation is 1. The summed E-state index contributed by atoms with van der Waals surface area (Å²) in [4.78, 5) is 11.5. The van der Waals surface area contributed by atoms with E-state index in [0.29, 0.717) is 6.04 Å². The van der Waals surface area contributed by atoms with E-state index in [1.165, 1.54) is 0 Å². The van der Waals surface area contributed by atoms with Crippen LogP contribution < -0.4 is 10.9 Å². The van der Waals surface area contributed by atoms with Crippen molar-refractivity contribution in [2.45, 2.75) is 39.3 Å². The molecule has 0 atom stereocenters. The maximum Gasteiger partial charge on any atom is 0.250 e. The zero-order chi connectivity index (χ0) is 12.0. The predicted molar refractivity (Wildman–Crippen MR) is 70.8 cm³/mol. The molecule has 0 fully saturated rings. The van der Waals surface area contributed by atoms with Gasteiger partial charge in [-0.3, -0.25) is 4.79 Å². The van der Waals surface area contributed by atoms with Gasteiger partial charge in [0.05, 0.1) is 0 Å². The van der Waals surface area contributed by atoms with E-state index < -0.39 is 0 Å². The number of aromatic nitrogens is 1. The molecule has 0 spiro atoms. The molecule has 0 unspecified atom stereocenters. The topological polar surface area (TPSA) is 34.0 Å². The summed E-state index contributed by atoms with van der Waals surface area (Å²) in [7, 11) is 0. The molecule has 1 aromatic heterocycles. The maximum atomic E-state index is 11.5. The van der Waals surface area contributed by atoms with Gasteiger partial charge in [-0.05, 0) is 41.4 Å². The first-order valence-electron chi connectivity index (χ1n) is 5.69. The SMILES string of the molecule is CC(C)NCCCCn1cc(Br)ccc1=O. The molecule has 0 bridgehead atoms. The van der Waals surface area contributed by atoms with Gasteiger partial charge in [0.2, 0.25) is 0 Å². The molecule has 1 N–H and O–H groups in total. The molecule has 16 heavy (non-hydrogen) atoms. The molecule has 0 aliphatic rings. The third kappa shape index (κ3) is 4.94. The van der Waals surface area contributed by atoms with Gasteiger partial charge in [-0.2, -0.15) is 0 Å². The standard InChI is InChI=1S/C12H19BrN2O/c1-10(2)14-7-3-4-8-15-9-11(13)5-6-12(15)16/h5-6,9-10,14H,3-4,7-8H2,1-2H3. The molecular weight excluding hydrogens is 268 g/mol. The second kappa shape index (κ2) is 6.86. The molecular formula is C12H19BrN2O. The molecule has 0 aliphatic carbocycles. The summed E-state index contributed by atoms with van der Waals surface area (Å²) in [5.74, 6) is 0. The Morgan fingerprint density at radius 1 is 1.38 bits per heavy atom. The van der Waals surface area contributed by atoms with Gasteiger partial charge in [0.25, 0.3) is 5.56 Å². The van der Waals surface area contributed by atoms with Crippen LogP contribution in [0.1, 0.15) is 26.7 Å². The van der Waals surface area contributed by atoms with Gasteiger partial charge < -0.3 is 9.88 Å². The van der Waals surface area contributed by atoms with Gasteiger partial charge in [0, 0.05) is 29.3 Å². The Kier molecular flexibility index (Phi) is 5.77. The Balaban J connectivity index is 2.32. The molecule has 1 aromatic rings. The number of halogens is 1. The minimum Gasteiger partial charge on any atom is -0.315 e. The molecule has 0 amide bonds. The third-order valence-corrected chi connectivity index (χ3v) is 2.79. The van der Waals surface area contributed by atoms with Crippen molar-refractivity contribution in [3.63, 3.8) is 0 Å². The van der Waals surface area contributed by atoms with Gasteiger partial charge in [-0.25, -0.2) is 0 Å². The van der Waals surface area contributed by atoms with E-state index >= 15 is 0 Å². The van der Waals surface area contributed by atoms with Crippen molar-refractivity contribution in [2.75, 3.05) is 6.54 Å². The summed E-state index contributed by atoms with van der Waals surface area (Å²) in [6, 6.07) is 3.91. The van der Waals surface area contributed by atoms with Crippen LogP contribution in [0.3, 0.4) is 0 Å². The lowest BCUT2D eigenvalue weighted by molar-refractivity contribution is 0.526. The Labute approximate surface area is 105 Å². The average molecular weight is 287 g/mol. The Morgan fingerprint density at radius 3 is 2.81 bits per heavy atom. The van der Waals surface area contributed by atoms with Crippen molar-refractivity contribution in [3.8, 4) is 0 Å². The highest BCUT2D eigenvalue weighted by atomic mass is 79.9. The van der Waals surface area contributed by atoms with E-state index in [1.54, 1.807) is 16.7 Å². The molecule has 0 saturated heterocycles. The van der Waals surface area contributed by atoms with Crippen LogP contribution in [-0.2, 0) is 6.54 Å². The van der Waals surface area contributed by atoms with Crippen molar-refractivity contribution < 1.29 is 0 Å². The van der Waals surface area contributed by atoms with Gasteiger partial charge >= 0.3 is 0 Å². The number of nitrogens with one attached hydrogen (secondary N) is 1. The highest BCUT2D eigenvalue weighted by molar-refractivity contribution is 9.10. The number of rotatable bonds is 6. The van der Waals surface area contributed by atoms with Crippen LogP contribution >= 0.6 is 15.9 Å². The van der Waals surface area contributed by atoms with Crippen molar-refractivity contribution >= 4 is 15.9 Å². The summed E-state index contributed by atoms with van der Waals surface area (Å²) in [6.07, 6.45) is 3.96. The fourth-order valence-electron chi connectivity index (χ4n) is 1.47. The normalized spacial score (nSPS) is 11.0. The van der Waals surface area contributed by atoms with Crippen LogP contribution in [0, 0.1) is 0 Å². The molecule has 90 valence electrons. The van der Waals surface area contributed by atoms with Gasteiger partial charge in [0.1, 0.15) is 0 Å². The summed E-state index contributed by atoms with van der Waals surface area (Å²) >= 11 is 3.37. The minimum atomic E-state index is 0.0695. The minimum absolute atomic E-state index is 0.0695. The van der Waals surface area contributed by atoms with E-state index in [1.807, 2.05) is 6.20 Å². The Hall–Kier alpha value is -0.610. The van der Waals surface area contributed by atoms with Crippen LogP contribution in [0.15, 0.2) is 27.6 Å². The smallest absolute Gasteiger partial charge is 0.250 e. The predicted octanol–water partition coefficient (Wildman–Crippen LogP) is 2.39. The first kappa shape index (κ1) is 13.5. The highest BCUT2D eigenvalue weighted by Gasteiger charge is 1.97. The van der Waals surface area contributed by atoms with Crippen LogP contribution in [0.5, 0.6) is 0 Å². The summed E-state index contributed by atoms with van der Waals surface area (Å²) < 4.78 is 2.70. The van der Waals surface area contributed by atoms with Crippen LogP contribution in [0.2, 0.25) is 0 Å². The lowest BCUT2D eigenvalue weighted by Gasteiger charge is -2.08. The van der Waals surface area contributed by atoms with Crippen molar-refractivity contribution in [2.24, 2.45) is 0 Å². The van der Waals surface area contributed by atoms with Crippen LogP contribution in [0.25, 0.3) is 0 Å². The zero-order valence-corrected chi connectivity index (χ0v) is 11.5. The van der Waals surface area contributed by atoms with Gasteiger partial charge in [-0.1, -0.05) is 13.8 Å². The number of pyridine rings is 1. The Morgan fingerprint density at radius 2 is 2.12 bits per heavy atom. The van der Waals surface area contributed by atoms with Crippen molar-refractivity contribution in [3.05, 3.63) is 33.2 Å².